The highest BCUT2D eigenvalue weighted by atomic mass is 16.1. The summed E-state index contributed by atoms with van der Waals surface area (Å²) in [6, 6.07) is 26.5. The van der Waals surface area contributed by atoms with E-state index in [4.69, 9.17) is 0 Å². The number of anilines is 1. The van der Waals surface area contributed by atoms with Crippen molar-refractivity contribution in [2.75, 3.05) is 19.0 Å². The molecule has 0 fully saturated rings. The van der Waals surface area contributed by atoms with E-state index in [2.05, 4.69) is 47.4 Å². The molecule has 0 radical (unpaired) electrons. The number of carbonyl (C=O) groups excluding carboxylic acids is 1. The molecule has 0 saturated carbocycles. The third-order valence-electron chi connectivity index (χ3n) is 4.95. The minimum Gasteiger partial charge on any atom is -0.378 e. The van der Waals surface area contributed by atoms with Gasteiger partial charge in [0.2, 0.25) is 0 Å². The van der Waals surface area contributed by atoms with Crippen molar-refractivity contribution in [1.29, 1.82) is 0 Å². The van der Waals surface area contributed by atoms with Crippen molar-refractivity contribution in [3.8, 4) is 0 Å². The second kappa shape index (κ2) is 6.64. The van der Waals surface area contributed by atoms with Gasteiger partial charge in [-0.1, -0.05) is 66.7 Å². The molecule has 0 aromatic heterocycles. The zero-order valence-corrected chi connectivity index (χ0v) is 15.0. The van der Waals surface area contributed by atoms with Crippen LogP contribution in [0.3, 0.4) is 0 Å². The molecule has 0 spiro atoms. The van der Waals surface area contributed by atoms with Gasteiger partial charge in [0, 0.05) is 36.8 Å². The van der Waals surface area contributed by atoms with E-state index in [0.717, 1.165) is 33.5 Å². The standard InChI is InChI=1S/C24H21NO/c1-25(2)19-14-12-17(13-15-19)16-22-23(18-8-4-3-5-9-18)20-10-6-7-11-21(20)24(22)26/h3-16,23H,1-2H3/b22-16+/t23-/m1/s1. The van der Waals surface area contributed by atoms with Crippen LogP contribution in [0.25, 0.3) is 6.08 Å². The summed E-state index contributed by atoms with van der Waals surface area (Å²) in [4.78, 5) is 15.2. The number of allylic oxidation sites excluding steroid dienone is 1. The number of rotatable bonds is 3. The lowest BCUT2D eigenvalue weighted by Gasteiger charge is -2.14. The minimum absolute atomic E-state index is 0.00609. The average Bonchev–Trinajstić information content (AvgIpc) is 2.95. The van der Waals surface area contributed by atoms with Crippen molar-refractivity contribution >= 4 is 17.5 Å². The van der Waals surface area contributed by atoms with Gasteiger partial charge in [0.25, 0.3) is 0 Å². The van der Waals surface area contributed by atoms with Crippen LogP contribution in [0.5, 0.6) is 0 Å². The molecule has 0 N–H and O–H groups in total. The Morgan fingerprint density at radius 1 is 0.808 bits per heavy atom. The number of hydrogen-bond acceptors (Lipinski definition) is 2. The first-order valence-corrected chi connectivity index (χ1v) is 8.82. The van der Waals surface area contributed by atoms with Crippen molar-refractivity contribution in [2.24, 2.45) is 0 Å². The summed E-state index contributed by atoms with van der Waals surface area (Å²) >= 11 is 0. The third kappa shape index (κ3) is 2.84. The number of hydrogen-bond donors (Lipinski definition) is 0. The Morgan fingerprint density at radius 2 is 1.46 bits per heavy atom. The van der Waals surface area contributed by atoms with Gasteiger partial charge in [-0.15, -0.1) is 0 Å². The Balaban J connectivity index is 1.82. The van der Waals surface area contributed by atoms with Gasteiger partial charge in [0.05, 0.1) is 0 Å². The average molecular weight is 339 g/mol. The highest BCUT2D eigenvalue weighted by Gasteiger charge is 2.35. The Labute approximate surface area is 154 Å². The van der Waals surface area contributed by atoms with Crippen LogP contribution in [0.4, 0.5) is 5.69 Å². The number of benzene rings is 3. The van der Waals surface area contributed by atoms with E-state index < -0.39 is 0 Å². The molecule has 128 valence electrons. The molecule has 2 heteroatoms. The van der Waals surface area contributed by atoms with E-state index in [-0.39, 0.29) is 11.7 Å². The SMILES string of the molecule is CN(C)c1ccc(/C=C2/C(=O)c3ccccc3[C@H]2c2ccccc2)cc1. The normalized spacial score (nSPS) is 17.4. The molecule has 26 heavy (non-hydrogen) atoms. The molecule has 1 aliphatic carbocycles. The molecule has 0 heterocycles. The van der Waals surface area contributed by atoms with Crippen LogP contribution >= 0.6 is 0 Å². The molecule has 0 bridgehead atoms. The fraction of sp³-hybridized carbons (Fsp3) is 0.125. The van der Waals surface area contributed by atoms with Gasteiger partial charge in [-0.05, 0) is 34.9 Å². The van der Waals surface area contributed by atoms with E-state index in [9.17, 15) is 4.79 Å². The van der Waals surface area contributed by atoms with Crippen molar-refractivity contribution in [3.05, 3.63) is 107 Å². The van der Waals surface area contributed by atoms with Crippen LogP contribution in [0.15, 0.2) is 84.4 Å². The van der Waals surface area contributed by atoms with Crippen molar-refractivity contribution in [1.82, 2.24) is 0 Å². The second-order valence-electron chi connectivity index (χ2n) is 6.85. The molecule has 0 amide bonds. The van der Waals surface area contributed by atoms with Gasteiger partial charge in [0.15, 0.2) is 5.78 Å². The lowest BCUT2D eigenvalue weighted by atomic mass is 9.89. The Bertz CT molecular complexity index is 969. The molecule has 0 unspecified atom stereocenters. The lowest BCUT2D eigenvalue weighted by Crippen LogP contribution is -2.08. The van der Waals surface area contributed by atoms with Crippen LogP contribution in [-0.4, -0.2) is 19.9 Å². The largest absolute Gasteiger partial charge is 0.378 e. The summed E-state index contributed by atoms with van der Waals surface area (Å²) < 4.78 is 0. The topological polar surface area (TPSA) is 20.3 Å². The molecular formula is C24H21NO. The first-order valence-electron chi connectivity index (χ1n) is 8.82. The van der Waals surface area contributed by atoms with Crippen LogP contribution < -0.4 is 4.90 Å². The van der Waals surface area contributed by atoms with Gasteiger partial charge in [-0.3, -0.25) is 4.79 Å². The van der Waals surface area contributed by atoms with E-state index in [1.54, 1.807) is 0 Å². The molecule has 4 rings (SSSR count). The maximum absolute atomic E-state index is 13.1. The summed E-state index contributed by atoms with van der Waals surface area (Å²) in [5, 5.41) is 0. The maximum Gasteiger partial charge on any atom is 0.190 e. The fourth-order valence-electron chi connectivity index (χ4n) is 3.61. The molecule has 3 aromatic carbocycles. The second-order valence-corrected chi connectivity index (χ2v) is 6.85. The molecule has 0 aliphatic heterocycles. The smallest absolute Gasteiger partial charge is 0.190 e. The van der Waals surface area contributed by atoms with Crippen LogP contribution in [0, 0.1) is 0 Å². The number of carbonyl (C=O) groups is 1. The zero-order chi connectivity index (χ0) is 18.1. The van der Waals surface area contributed by atoms with Crippen LogP contribution in [0.1, 0.15) is 33.0 Å². The highest BCUT2D eigenvalue weighted by Crippen LogP contribution is 2.42. The lowest BCUT2D eigenvalue weighted by molar-refractivity contribution is 0.103. The van der Waals surface area contributed by atoms with Crippen LogP contribution in [-0.2, 0) is 0 Å². The first-order chi connectivity index (χ1) is 12.6. The molecule has 1 atom stereocenters. The van der Waals surface area contributed by atoms with Gasteiger partial charge in [0.1, 0.15) is 0 Å². The summed E-state index contributed by atoms with van der Waals surface area (Å²) in [6.07, 6.45) is 2.04. The summed E-state index contributed by atoms with van der Waals surface area (Å²) in [7, 11) is 4.05. The quantitative estimate of drug-likeness (QED) is 0.614. The molecule has 0 saturated heterocycles. The van der Waals surface area contributed by atoms with E-state index in [0.29, 0.717) is 0 Å². The highest BCUT2D eigenvalue weighted by molar-refractivity contribution is 6.17. The van der Waals surface area contributed by atoms with E-state index in [1.807, 2.05) is 56.6 Å². The van der Waals surface area contributed by atoms with Crippen molar-refractivity contribution < 1.29 is 4.79 Å². The number of ketones is 1. The minimum atomic E-state index is -0.00609. The zero-order valence-electron chi connectivity index (χ0n) is 15.0. The third-order valence-corrected chi connectivity index (χ3v) is 4.95. The van der Waals surface area contributed by atoms with Crippen molar-refractivity contribution in [2.45, 2.75) is 5.92 Å². The number of nitrogens with zero attached hydrogens (tertiary/aromatic N) is 1. The Morgan fingerprint density at radius 3 is 2.15 bits per heavy atom. The molecular weight excluding hydrogens is 318 g/mol. The number of Topliss-reactive ketones (excluding diaryl/α,β-unsaturated/α-hetero) is 1. The monoisotopic (exact) mass is 339 g/mol. The predicted molar refractivity (Wildman–Crippen MR) is 108 cm³/mol. The first kappa shape index (κ1) is 16.3. The van der Waals surface area contributed by atoms with Gasteiger partial charge in [-0.25, -0.2) is 0 Å². The summed E-state index contributed by atoms with van der Waals surface area (Å²) in [6.45, 7) is 0. The Kier molecular flexibility index (Phi) is 4.18. The summed E-state index contributed by atoms with van der Waals surface area (Å²) in [5.74, 6) is 0.125. The molecule has 2 nitrogen and oxygen atoms in total. The maximum atomic E-state index is 13.1. The van der Waals surface area contributed by atoms with Gasteiger partial charge >= 0.3 is 0 Å². The van der Waals surface area contributed by atoms with E-state index >= 15 is 0 Å². The molecule has 3 aromatic rings. The Hall–Kier alpha value is -3.13. The molecule has 1 aliphatic rings. The predicted octanol–water partition coefficient (Wildman–Crippen LogP) is 5.16. The van der Waals surface area contributed by atoms with Gasteiger partial charge in [-0.2, -0.15) is 0 Å². The van der Waals surface area contributed by atoms with Crippen molar-refractivity contribution in [3.63, 3.8) is 0 Å². The summed E-state index contributed by atoms with van der Waals surface area (Å²) in [5.41, 5.74) is 6.11. The van der Waals surface area contributed by atoms with E-state index in [1.165, 1.54) is 0 Å². The number of fused-ring (bicyclic) bond motifs is 1. The van der Waals surface area contributed by atoms with Gasteiger partial charge < -0.3 is 4.90 Å². The fourth-order valence-corrected chi connectivity index (χ4v) is 3.61. The van der Waals surface area contributed by atoms with Crippen LogP contribution in [0.2, 0.25) is 0 Å².